The van der Waals surface area contributed by atoms with Crippen LogP contribution in [0.5, 0.6) is 5.88 Å². The van der Waals surface area contributed by atoms with Crippen LogP contribution < -0.4 is 42.0 Å². The van der Waals surface area contributed by atoms with Crippen LogP contribution in [0.2, 0.25) is 0 Å². The first kappa shape index (κ1) is 22.7. The third kappa shape index (κ3) is 6.83. The zero-order chi connectivity index (χ0) is 5.98. The average Bonchev–Trinajstić information content (AvgIpc) is 1.77. The minimum Gasteiger partial charge on any atom is -1.00 e. The van der Waals surface area contributed by atoms with Gasteiger partial charge in [-0.25, -0.2) is 0 Å². The first-order chi connectivity index (χ1) is 3.80. The van der Waals surface area contributed by atoms with Gasteiger partial charge in [-0.15, -0.1) is 4.73 Å². The van der Waals surface area contributed by atoms with Crippen LogP contribution in [0.4, 0.5) is 0 Å². The van der Waals surface area contributed by atoms with Crippen molar-refractivity contribution in [2.24, 2.45) is 0 Å². The molecule has 0 unspecified atom stereocenters. The molecule has 7 heteroatoms. The van der Waals surface area contributed by atoms with Crippen LogP contribution in [-0.2, 0) is 17.1 Å². The Balaban J connectivity index is -0.0000000800. The maximum Gasteiger partial charge on any atom is 3.00 e. The number of halogens is 3. The predicted molar refractivity (Wildman–Crippen MR) is 27.1 cm³/mol. The number of aromatic nitrogens is 1. The Kier molecular flexibility index (Phi) is 21.1. The topological polar surface area (TPSA) is 47.2 Å². The smallest absolute Gasteiger partial charge is 1.00 e. The minimum atomic E-state index is -0.271. The summed E-state index contributed by atoms with van der Waals surface area (Å²) in [5, 5.41) is 18.9. The van der Waals surface area contributed by atoms with Gasteiger partial charge in [0.15, 0.2) is 6.20 Å². The van der Waals surface area contributed by atoms with Crippen LogP contribution in [0, 0.1) is 5.21 Å². The zero-order valence-corrected chi connectivity index (χ0v) is 8.97. The Morgan fingerprint density at radius 1 is 1.17 bits per heavy atom. The van der Waals surface area contributed by atoms with Gasteiger partial charge in [-0.3, -0.25) is 0 Å². The molecule has 0 fully saturated rings. The van der Waals surface area contributed by atoms with Crippen molar-refractivity contribution in [3.05, 3.63) is 29.6 Å². The van der Waals surface area contributed by atoms with E-state index >= 15 is 0 Å². The summed E-state index contributed by atoms with van der Waals surface area (Å²) in [4.78, 5) is 0. The summed E-state index contributed by atoms with van der Waals surface area (Å²) < 4.78 is 0.389. The van der Waals surface area contributed by atoms with Crippen molar-refractivity contribution >= 4 is 0 Å². The van der Waals surface area contributed by atoms with Gasteiger partial charge in [-0.2, -0.15) is 0 Å². The number of rotatable bonds is 0. The first-order valence-electron chi connectivity index (χ1n) is 2.18. The molecule has 1 aromatic heterocycles. The molecular weight excluding hydrogens is 268 g/mol. The molecule has 0 bridgehead atoms. The summed E-state index contributed by atoms with van der Waals surface area (Å²) in [5.41, 5.74) is 0. The van der Waals surface area contributed by atoms with E-state index in [1.807, 2.05) is 0 Å². The quantitative estimate of drug-likeness (QED) is 0.290. The average molecular weight is 273 g/mol. The zero-order valence-electron chi connectivity index (χ0n) is 5.60. The van der Waals surface area contributed by atoms with Crippen LogP contribution in [0.15, 0.2) is 24.4 Å². The molecular formula is C5H5Cl3FeNO2. The number of hydrogen-bond donors (Lipinski definition) is 1. The second-order valence-electron chi connectivity index (χ2n) is 1.38. The molecule has 0 aliphatic rings. The second-order valence-corrected chi connectivity index (χ2v) is 1.38. The summed E-state index contributed by atoms with van der Waals surface area (Å²) >= 11 is 0. The molecule has 1 heterocycles. The van der Waals surface area contributed by atoms with E-state index in [1.54, 1.807) is 12.1 Å². The second kappa shape index (κ2) is 11.1. The molecule has 0 aliphatic heterocycles. The Bertz CT molecular complexity index is 181. The van der Waals surface area contributed by atoms with E-state index in [9.17, 15) is 5.21 Å². The van der Waals surface area contributed by atoms with Gasteiger partial charge in [0.05, 0.1) is 6.07 Å². The van der Waals surface area contributed by atoms with Crippen LogP contribution in [0.1, 0.15) is 0 Å². The first-order valence-corrected chi connectivity index (χ1v) is 2.18. The molecule has 1 aromatic rings. The molecule has 0 aliphatic carbocycles. The third-order valence-electron chi connectivity index (χ3n) is 0.804. The van der Waals surface area contributed by atoms with E-state index < -0.39 is 0 Å². The van der Waals surface area contributed by atoms with Gasteiger partial charge in [0.25, 0.3) is 0 Å². The molecule has 1 rings (SSSR count). The Morgan fingerprint density at radius 3 is 1.92 bits per heavy atom. The maximum absolute atomic E-state index is 10.3. The number of hydrogen-bond acceptors (Lipinski definition) is 2. The Labute approximate surface area is 99.5 Å². The standard InChI is InChI=1S/C5H5NO2.3ClH.Fe/c7-5-3-1-2-4-6(5)8;;;;/h1-4,7H;3*1H;/q;;;;+3/p-3. The predicted octanol–water partition coefficient (Wildman–Crippen LogP) is -8.96. The van der Waals surface area contributed by atoms with E-state index in [-0.39, 0.29) is 60.2 Å². The minimum absolute atomic E-state index is 0. The molecule has 0 saturated heterocycles. The summed E-state index contributed by atoms with van der Waals surface area (Å²) in [6.45, 7) is 0. The van der Waals surface area contributed by atoms with Crippen LogP contribution in [0.25, 0.3) is 0 Å². The number of nitrogens with zero attached hydrogens (tertiary/aromatic N) is 1. The summed E-state index contributed by atoms with van der Waals surface area (Å²) in [5.74, 6) is -0.271. The molecule has 12 heavy (non-hydrogen) atoms. The van der Waals surface area contributed by atoms with Crippen LogP contribution in [-0.4, -0.2) is 5.11 Å². The van der Waals surface area contributed by atoms with Gasteiger partial charge in [0.1, 0.15) is 0 Å². The fraction of sp³-hybridized carbons (Fsp3) is 0. The largest absolute Gasteiger partial charge is 3.00 e. The van der Waals surface area contributed by atoms with Gasteiger partial charge in [0.2, 0.25) is 0 Å². The van der Waals surface area contributed by atoms with Crippen molar-refractivity contribution in [1.29, 1.82) is 0 Å². The molecule has 3 nitrogen and oxygen atoms in total. The molecule has 0 aromatic carbocycles. The molecule has 71 valence electrons. The summed E-state index contributed by atoms with van der Waals surface area (Å²) in [6, 6.07) is 4.46. The van der Waals surface area contributed by atoms with Crippen molar-refractivity contribution in [2.45, 2.75) is 0 Å². The van der Waals surface area contributed by atoms with E-state index in [2.05, 4.69) is 0 Å². The van der Waals surface area contributed by atoms with Gasteiger partial charge in [0, 0.05) is 6.07 Å². The molecule has 0 saturated carbocycles. The maximum atomic E-state index is 10.3. The number of aromatic hydroxyl groups is 1. The molecule has 1 N–H and O–H groups in total. The molecule has 1 radical (unpaired) electrons. The Morgan fingerprint density at radius 2 is 1.67 bits per heavy atom. The van der Waals surface area contributed by atoms with Gasteiger partial charge in [-0.1, -0.05) is 0 Å². The van der Waals surface area contributed by atoms with Gasteiger partial charge in [-0.05, 0) is 6.07 Å². The van der Waals surface area contributed by atoms with Crippen LogP contribution >= 0.6 is 0 Å². The SMILES string of the molecule is [Cl-].[Cl-].[Cl-].[Fe+3].[O-][n+]1ccccc1O. The monoisotopic (exact) mass is 272 g/mol. The van der Waals surface area contributed by atoms with Crippen molar-refractivity contribution in [3.8, 4) is 5.88 Å². The van der Waals surface area contributed by atoms with Crippen molar-refractivity contribution in [3.63, 3.8) is 0 Å². The normalized spacial score (nSPS) is 6.00. The van der Waals surface area contributed by atoms with Crippen LogP contribution in [0.3, 0.4) is 0 Å². The van der Waals surface area contributed by atoms with E-state index in [0.717, 1.165) is 0 Å². The van der Waals surface area contributed by atoms with Gasteiger partial charge < -0.3 is 47.5 Å². The van der Waals surface area contributed by atoms with E-state index in [1.165, 1.54) is 12.3 Å². The summed E-state index contributed by atoms with van der Waals surface area (Å²) in [6.07, 6.45) is 1.23. The fourth-order valence-corrected chi connectivity index (χ4v) is 0.419. The molecule has 0 spiro atoms. The number of pyridine rings is 1. The fourth-order valence-electron chi connectivity index (χ4n) is 0.419. The third-order valence-corrected chi connectivity index (χ3v) is 0.804. The van der Waals surface area contributed by atoms with Crippen molar-refractivity contribution < 1.29 is 64.1 Å². The summed E-state index contributed by atoms with van der Waals surface area (Å²) in [7, 11) is 0. The van der Waals surface area contributed by atoms with Gasteiger partial charge >= 0.3 is 22.9 Å². The van der Waals surface area contributed by atoms with Crippen molar-refractivity contribution in [1.82, 2.24) is 0 Å². The molecule has 0 atom stereocenters. The van der Waals surface area contributed by atoms with E-state index in [0.29, 0.717) is 4.73 Å². The Hall–Kier alpha value is 0.139. The van der Waals surface area contributed by atoms with E-state index in [4.69, 9.17) is 5.11 Å². The van der Waals surface area contributed by atoms with Crippen molar-refractivity contribution in [2.75, 3.05) is 0 Å². The molecule has 0 amide bonds.